The first-order valence-electron chi connectivity index (χ1n) is 2.01. The molecular weight excluding hydrogens is 110 g/mol. The molecule has 0 spiro atoms. The van der Waals surface area contributed by atoms with Gasteiger partial charge < -0.3 is 10.1 Å². The van der Waals surface area contributed by atoms with E-state index in [-0.39, 0.29) is 0 Å². The third-order valence-corrected chi connectivity index (χ3v) is 0.714. The summed E-state index contributed by atoms with van der Waals surface area (Å²) in [5.74, 6) is 0. The molecule has 0 heterocycles. The molecule has 0 unspecified atom stereocenters. The maximum atomic E-state index is 4.56. The first-order chi connectivity index (χ1) is 3.31. The van der Waals surface area contributed by atoms with E-state index in [1.54, 1.807) is 0 Å². The molecule has 0 aromatic heterocycles. The number of rotatable bonds is 1. The van der Waals surface area contributed by atoms with Gasteiger partial charge in [-0.1, -0.05) is 0 Å². The topological polar surface area (TPSA) is 21.3 Å². The molecule has 0 rings (SSSR count). The van der Waals surface area contributed by atoms with Crippen LogP contribution >= 0.6 is 12.2 Å². The predicted molar refractivity (Wildman–Crippen MR) is 32.7 cm³/mol. The Morgan fingerprint density at radius 1 is 2.00 bits per heavy atom. The fourth-order valence-corrected chi connectivity index (χ4v) is 0.340. The summed E-state index contributed by atoms with van der Waals surface area (Å²) in [6, 6.07) is 0. The van der Waals surface area contributed by atoms with Gasteiger partial charge in [-0.2, -0.15) is 0 Å². The maximum absolute atomic E-state index is 4.56. The van der Waals surface area contributed by atoms with E-state index in [1.165, 1.54) is 0 Å². The summed E-state index contributed by atoms with van der Waals surface area (Å²) in [4.78, 5) is 0. The summed E-state index contributed by atoms with van der Waals surface area (Å²) in [6.45, 7) is 2.72. The zero-order valence-electron chi connectivity index (χ0n) is 4.23. The van der Waals surface area contributed by atoms with E-state index in [0.29, 0.717) is 5.17 Å². The lowest BCUT2D eigenvalue weighted by atomic mass is 10.8. The van der Waals surface area contributed by atoms with Crippen LogP contribution in [0.5, 0.6) is 0 Å². The number of hydrogen-bond donors (Lipinski definition) is 1. The largest absolute Gasteiger partial charge is 0.467 e. The Kier molecular flexibility index (Phi) is 3.69. The van der Waals surface area contributed by atoms with E-state index >= 15 is 0 Å². The maximum Gasteiger partial charge on any atom is 0.256 e. The van der Waals surface area contributed by atoms with Crippen molar-refractivity contribution >= 4 is 17.4 Å². The van der Waals surface area contributed by atoms with Gasteiger partial charge in [0.1, 0.15) is 7.11 Å². The van der Waals surface area contributed by atoms with Crippen molar-refractivity contribution in [3.63, 3.8) is 0 Å². The molecule has 3 heteroatoms. The summed E-state index contributed by atoms with van der Waals surface area (Å²) in [6.07, 6.45) is 0. The molecule has 0 aromatic rings. The summed E-state index contributed by atoms with van der Waals surface area (Å²) < 4.78 is 4.36. The predicted octanol–water partition coefficient (Wildman–Crippen LogP) is 0.689. The molecule has 0 aliphatic heterocycles. The highest BCUT2D eigenvalue weighted by molar-refractivity contribution is 7.80. The highest BCUT2D eigenvalue weighted by atomic mass is 32.1. The fraction of sp³-hybridized carbons (Fsp3) is 0.500. The average Bonchev–Trinajstić information content (AvgIpc) is 1.68. The van der Waals surface area contributed by atoms with Crippen LogP contribution < -0.4 is 5.32 Å². The molecule has 0 fully saturated rings. The molecular formula is C4H8NOS. The third-order valence-electron chi connectivity index (χ3n) is 0.452. The lowest BCUT2D eigenvalue weighted by Gasteiger charge is -1.99. The van der Waals surface area contributed by atoms with Crippen molar-refractivity contribution in [1.82, 2.24) is 5.32 Å². The van der Waals surface area contributed by atoms with E-state index in [1.807, 2.05) is 6.92 Å². The number of ether oxygens (including phenoxy) is 1. The van der Waals surface area contributed by atoms with Crippen molar-refractivity contribution in [2.75, 3.05) is 6.54 Å². The summed E-state index contributed by atoms with van der Waals surface area (Å²) in [7, 11) is 3.10. The van der Waals surface area contributed by atoms with Gasteiger partial charge in [0.2, 0.25) is 0 Å². The number of thiocarbonyl (C=S) groups is 1. The zero-order valence-corrected chi connectivity index (χ0v) is 5.05. The first-order valence-corrected chi connectivity index (χ1v) is 2.42. The van der Waals surface area contributed by atoms with E-state index in [9.17, 15) is 0 Å². The lowest BCUT2D eigenvalue weighted by molar-refractivity contribution is 0.452. The van der Waals surface area contributed by atoms with Gasteiger partial charge in [0.25, 0.3) is 5.17 Å². The molecule has 0 saturated heterocycles. The number of nitrogens with one attached hydrogen (secondary N) is 1. The average molecular weight is 118 g/mol. The van der Waals surface area contributed by atoms with Crippen molar-refractivity contribution < 1.29 is 4.74 Å². The van der Waals surface area contributed by atoms with Crippen LogP contribution in [0.2, 0.25) is 0 Å². The van der Waals surface area contributed by atoms with E-state index in [4.69, 9.17) is 0 Å². The normalized spacial score (nSPS) is 7.71. The molecule has 1 N–H and O–H groups in total. The Balaban J connectivity index is 3.00. The van der Waals surface area contributed by atoms with Gasteiger partial charge in [-0.05, 0) is 19.1 Å². The van der Waals surface area contributed by atoms with Crippen LogP contribution in [0.4, 0.5) is 0 Å². The van der Waals surface area contributed by atoms with Gasteiger partial charge in [-0.3, -0.25) is 0 Å². The van der Waals surface area contributed by atoms with Crippen LogP contribution in [0.1, 0.15) is 6.92 Å². The summed E-state index contributed by atoms with van der Waals surface area (Å²) in [5, 5.41) is 3.09. The molecule has 0 bridgehead atoms. The third kappa shape index (κ3) is 3.52. The second-order valence-corrected chi connectivity index (χ2v) is 1.33. The second kappa shape index (κ2) is 3.87. The minimum absolute atomic E-state index is 0.350. The molecule has 0 amide bonds. The van der Waals surface area contributed by atoms with Crippen molar-refractivity contribution in [2.45, 2.75) is 6.92 Å². The highest BCUT2D eigenvalue weighted by Gasteiger charge is 1.83. The molecule has 0 aromatic carbocycles. The Labute approximate surface area is 48.9 Å². The number of hydrogen-bond acceptors (Lipinski definition) is 2. The van der Waals surface area contributed by atoms with Gasteiger partial charge in [-0.25, -0.2) is 0 Å². The van der Waals surface area contributed by atoms with Crippen molar-refractivity contribution in [3.8, 4) is 0 Å². The van der Waals surface area contributed by atoms with Crippen LogP contribution in [0.15, 0.2) is 0 Å². The molecule has 0 aliphatic rings. The van der Waals surface area contributed by atoms with E-state index < -0.39 is 0 Å². The molecule has 7 heavy (non-hydrogen) atoms. The fourth-order valence-electron chi connectivity index (χ4n) is 0.195. The second-order valence-electron chi connectivity index (χ2n) is 0.962. The van der Waals surface area contributed by atoms with E-state index in [2.05, 4.69) is 29.4 Å². The van der Waals surface area contributed by atoms with Gasteiger partial charge in [0, 0.05) is 6.54 Å². The molecule has 41 valence electrons. The molecule has 0 atom stereocenters. The molecule has 0 aliphatic carbocycles. The smallest absolute Gasteiger partial charge is 0.256 e. The van der Waals surface area contributed by atoms with Gasteiger partial charge in [0.05, 0.1) is 0 Å². The van der Waals surface area contributed by atoms with Gasteiger partial charge in [0.15, 0.2) is 0 Å². The lowest BCUT2D eigenvalue weighted by Crippen LogP contribution is -2.20. The van der Waals surface area contributed by atoms with Gasteiger partial charge in [-0.15, -0.1) is 0 Å². The highest BCUT2D eigenvalue weighted by Crippen LogP contribution is 1.70. The Hall–Kier alpha value is -0.310. The van der Waals surface area contributed by atoms with Crippen LogP contribution in [0.3, 0.4) is 0 Å². The van der Waals surface area contributed by atoms with Crippen molar-refractivity contribution in [1.29, 1.82) is 0 Å². The minimum Gasteiger partial charge on any atom is -0.467 e. The van der Waals surface area contributed by atoms with Crippen LogP contribution in [0.25, 0.3) is 0 Å². The van der Waals surface area contributed by atoms with Crippen LogP contribution in [-0.4, -0.2) is 11.7 Å². The molecule has 0 saturated carbocycles. The Bertz CT molecular complexity index is 64.7. The first kappa shape index (κ1) is 6.69. The zero-order chi connectivity index (χ0) is 5.70. The minimum atomic E-state index is 0.350. The standard InChI is InChI=1S/C4H8NOS/c1-3-5-4(7)6-2/h2-3H2,1H3,(H,5,7). The van der Waals surface area contributed by atoms with Crippen LogP contribution in [0, 0.1) is 7.11 Å². The Morgan fingerprint density at radius 3 is 2.71 bits per heavy atom. The van der Waals surface area contributed by atoms with Crippen molar-refractivity contribution in [2.24, 2.45) is 0 Å². The van der Waals surface area contributed by atoms with E-state index in [0.717, 1.165) is 6.54 Å². The molecule has 1 radical (unpaired) electrons. The van der Waals surface area contributed by atoms with Gasteiger partial charge >= 0.3 is 0 Å². The summed E-state index contributed by atoms with van der Waals surface area (Å²) >= 11 is 4.56. The molecule has 2 nitrogen and oxygen atoms in total. The monoisotopic (exact) mass is 118 g/mol. The summed E-state index contributed by atoms with van der Waals surface area (Å²) in [5.41, 5.74) is 0. The van der Waals surface area contributed by atoms with Crippen molar-refractivity contribution in [3.05, 3.63) is 7.11 Å². The Morgan fingerprint density at radius 2 is 2.57 bits per heavy atom. The quantitative estimate of drug-likeness (QED) is 0.512. The SMILES string of the molecule is [CH2]OC(=S)NCC. The van der Waals surface area contributed by atoms with Crippen LogP contribution in [-0.2, 0) is 4.74 Å².